The summed E-state index contributed by atoms with van der Waals surface area (Å²) in [5, 5.41) is 2.63. The van der Waals surface area contributed by atoms with Gasteiger partial charge >= 0.3 is 0 Å². The van der Waals surface area contributed by atoms with Crippen LogP contribution in [0.5, 0.6) is 0 Å². The topological polar surface area (TPSA) is 0 Å². The minimum absolute atomic E-state index is 1.31. The predicted molar refractivity (Wildman–Crippen MR) is 68.4 cm³/mol. The van der Waals surface area contributed by atoms with E-state index in [0.717, 1.165) is 0 Å². The molecule has 0 aromatic heterocycles. The summed E-state index contributed by atoms with van der Waals surface area (Å²) in [5.41, 5.74) is 5.56. The lowest BCUT2D eigenvalue weighted by Gasteiger charge is -2.21. The Labute approximate surface area is 94.2 Å². The summed E-state index contributed by atoms with van der Waals surface area (Å²) >= 11 is 0. The standard InChI is InChI=1S/C16H10/c1-2-4-12-9-13(6-5-11(12)3-1)16-10-14-7-8-15(14)16/h1-10H. The summed E-state index contributed by atoms with van der Waals surface area (Å²) in [6.07, 6.45) is 0. The molecule has 0 heterocycles. The van der Waals surface area contributed by atoms with Gasteiger partial charge in [0.05, 0.1) is 0 Å². The lowest BCUT2D eigenvalue weighted by atomic mass is 9.83. The zero-order chi connectivity index (χ0) is 10.5. The van der Waals surface area contributed by atoms with Crippen molar-refractivity contribution in [3.63, 3.8) is 0 Å². The molecule has 0 saturated heterocycles. The molecule has 0 atom stereocenters. The molecule has 0 unspecified atom stereocenters. The molecule has 0 spiro atoms. The van der Waals surface area contributed by atoms with Gasteiger partial charge in [-0.1, -0.05) is 48.5 Å². The smallest absolute Gasteiger partial charge is 0.00990 e. The average molecular weight is 202 g/mol. The third-order valence-electron chi connectivity index (χ3n) is 3.39. The molecule has 0 radical (unpaired) electrons. The number of benzene rings is 3. The lowest BCUT2D eigenvalue weighted by Crippen LogP contribution is -1.95. The van der Waals surface area contributed by atoms with Crippen molar-refractivity contribution >= 4 is 10.8 Å². The molecule has 0 N–H and O–H groups in total. The molecule has 0 fully saturated rings. The Bertz CT molecular complexity index is 708. The van der Waals surface area contributed by atoms with Crippen molar-refractivity contribution in [1.29, 1.82) is 0 Å². The average Bonchev–Trinajstić information content (AvgIpc) is 2.32. The highest BCUT2D eigenvalue weighted by molar-refractivity contribution is 5.98. The van der Waals surface area contributed by atoms with Crippen molar-refractivity contribution in [2.24, 2.45) is 0 Å². The fraction of sp³-hybridized carbons (Fsp3) is 0. The SMILES string of the molecule is c1ccc2cc(-c3cc4ccc3-4)ccc2c1. The van der Waals surface area contributed by atoms with Crippen LogP contribution in [0, 0.1) is 0 Å². The number of fused-ring (bicyclic) bond motifs is 2. The summed E-state index contributed by atoms with van der Waals surface area (Å²) in [6, 6.07) is 21.8. The number of rotatable bonds is 1. The molecule has 2 aliphatic rings. The van der Waals surface area contributed by atoms with Crippen LogP contribution in [0.25, 0.3) is 33.0 Å². The first-order valence-electron chi connectivity index (χ1n) is 5.55. The Morgan fingerprint density at radius 3 is 1.94 bits per heavy atom. The maximum Gasteiger partial charge on any atom is -0.00990 e. The molecule has 0 heteroatoms. The van der Waals surface area contributed by atoms with Gasteiger partial charge in [-0.2, -0.15) is 0 Å². The van der Waals surface area contributed by atoms with Gasteiger partial charge in [0.1, 0.15) is 0 Å². The molecule has 16 heavy (non-hydrogen) atoms. The van der Waals surface area contributed by atoms with Crippen LogP contribution >= 0.6 is 0 Å². The van der Waals surface area contributed by atoms with E-state index in [0.29, 0.717) is 0 Å². The van der Waals surface area contributed by atoms with E-state index in [1.807, 2.05) is 0 Å². The van der Waals surface area contributed by atoms with Crippen LogP contribution in [0.15, 0.2) is 60.7 Å². The molecule has 0 bridgehead atoms. The van der Waals surface area contributed by atoms with Crippen molar-refractivity contribution in [3.05, 3.63) is 60.7 Å². The van der Waals surface area contributed by atoms with Gasteiger partial charge in [-0.25, -0.2) is 0 Å². The Hall–Kier alpha value is -2.08. The van der Waals surface area contributed by atoms with Crippen molar-refractivity contribution < 1.29 is 0 Å². The number of hydrogen-bond donors (Lipinski definition) is 0. The Kier molecular flexibility index (Phi) is 1.39. The van der Waals surface area contributed by atoms with Crippen LogP contribution in [0.1, 0.15) is 0 Å². The van der Waals surface area contributed by atoms with E-state index >= 15 is 0 Å². The molecule has 0 nitrogen and oxygen atoms in total. The summed E-state index contributed by atoms with van der Waals surface area (Å²) < 4.78 is 0. The van der Waals surface area contributed by atoms with E-state index in [9.17, 15) is 0 Å². The second-order valence-electron chi connectivity index (χ2n) is 4.32. The predicted octanol–water partition coefficient (Wildman–Crippen LogP) is 4.49. The molecule has 74 valence electrons. The quantitative estimate of drug-likeness (QED) is 0.426. The zero-order valence-corrected chi connectivity index (χ0v) is 8.77. The Morgan fingerprint density at radius 2 is 1.25 bits per heavy atom. The van der Waals surface area contributed by atoms with Gasteiger partial charge in [0.25, 0.3) is 0 Å². The maximum absolute atomic E-state index is 2.27. The van der Waals surface area contributed by atoms with Gasteiger partial charge < -0.3 is 0 Å². The summed E-state index contributed by atoms with van der Waals surface area (Å²) in [7, 11) is 0. The molecular weight excluding hydrogens is 192 g/mol. The van der Waals surface area contributed by atoms with Crippen LogP contribution < -0.4 is 0 Å². The monoisotopic (exact) mass is 202 g/mol. The van der Waals surface area contributed by atoms with Gasteiger partial charge in [0.2, 0.25) is 0 Å². The number of hydrogen-bond acceptors (Lipinski definition) is 0. The van der Waals surface area contributed by atoms with Crippen molar-refractivity contribution in [1.82, 2.24) is 0 Å². The van der Waals surface area contributed by atoms with Gasteiger partial charge in [0.15, 0.2) is 0 Å². The van der Waals surface area contributed by atoms with Gasteiger partial charge in [-0.15, -0.1) is 0 Å². The molecule has 0 amide bonds. The molecule has 0 aliphatic heterocycles. The highest BCUT2D eigenvalue weighted by Crippen LogP contribution is 2.43. The van der Waals surface area contributed by atoms with Gasteiger partial charge in [0, 0.05) is 0 Å². The van der Waals surface area contributed by atoms with Crippen LogP contribution in [0.3, 0.4) is 0 Å². The molecule has 2 aromatic carbocycles. The van der Waals surface area contributed by atoms with E-state index in [4.69, 9.17) is 0 Å². The Morgan fingerprint density at radius 1 is 0.500 bits per heavy atom. The largest absolute Gasteiger partial charge is 0.0616 e. The van der Waals surface area contributed by atoms with Gasteiger partial charge in [-0.05, 0) is 45.2 Å². The van der Waals surface area contributed by atoms with Crippen LogP contribution in [0.2, 0.25) is 0 Å². The molecule has 2 aromatic rings. The minimum Gasteiger partial charge on any atom is -0.0616 e. The highest BCUT2D eigenvalue weighted by atomic mass is 14.2. The molecule has 2 aliphatic carbocycles. The normalized spacial score (nSPS) is 11.8. The first-order valence-corrected chi connectivity index (χ1v) is 5.55. The first kappa shape index (κ1) is 8.12. The third-order valence-corrected chi connectivity index (χ3v) is 3.39. The lowest BCUT2D eigenvalue weighted by molar-refractivity contribution is 1.53. The van der Waals surface area contributed by atoms with Crippen molar-refractivity contribution in [2.45, 2.75) is 0 Å². The fourth-order valence-electron chi connectivity index (χ4n) is 2.39. The molecular formula is C16H10. The van der Waals surface area contributed by atoms with E-state index < -0.39 is 0 Å². The van der Waals surface area contributed by atoms with Gasteiger partial charge in [-0.3, -0.25) is 0 Å². The fourth-order valence-corrected chi connectivity index (χ4v) is 2.39. The first-order chi connectivity index (χ1) is 7.92. The molecule has 0 saturated carbocycles. The second kappa shape index (κ2) is 2.73. The summed E-state index contributed by atoms with van der Waals surface area (Å²) in [4.78, 5) is 0. The molecule has 4 rings (SSSR count). The van der Waals surface area contributed by atoms with Crippen LogP contribution in [0.4, 0.5) is 0 Å². The van der Waals surface area contributed by atoms with Crippen LogP contribution in [-0.2, 0) is 0 Å². The van der Waals surface area contributed by atoms with Crippen molar-refractivity contribution in [2.75, 3.05) is 0 Å². The third kappa shape index (κ3) is 0.938. The summed E-state index contributed by atoms with van der Waals surface area (Å²) in [5.74, 6) is 0. The second-order valence-corrected chi connectivity index (χ2v) is 4.32. The van der Waals surface area contributed by atoms with Crippen molar-refractivity contribution in [3.8, 4) is 22.3 Å². The highest BCUT2D eigenvalue weighted by Gasteiger charge is 2.17. The van der Waals surface area contributed by atoms with Crippen LogP contribution in [-0.4, -0.2) is 0 Å². The van der Waals surface area contributed by atoms with E-state index in [2.05, 4.69) is 60.7 Å². The van der Waals surface area contributed by atoms with E-state index in [-0.39, 0.29) is 0 Å². The summed E-state index contributed by atoms with van der Waals surface area (Å²) in [6.45, 7) is 0. The maximum atomic E-state index is 2.27. The van der Waals surface area contributed by atoms with E-state index in [1.54, 1.807) is 0 Å². The zero-order valence-electron chi connectivity index (χ0n) is 8.77. The minimum atomic E-state index is 1.31. The Balaban J connectivity index is 1.95. The van der Waals surface area contributed by atoms with E-state index in [1.165, 1.54) is 33.0 Å².